The van der Waals surface area contributed by atoms with Crippen molar-refractivity contribution in [3.05, 3.63) is 52.5 Å². The summed E-state index contributed by atoms with van der Waals surface area (Å²) in [7, 11) is 0. The molecule has 0 fully saturated rings. The molecule has 1 amide bonds. The van der Waals surface area contributed by atoms with Gasteiger partial charge in [0.05, 0.1) is 17.1 Å². The quantitative estimate of drug-likeness (QED) is 0.650. The average molecular weight is 327 g/mol. The lowest BCUT2D eigenvalue weighted by Gasteiger charge is -2.08. The zero-order chi connectivity index (χ0) is 14.5. The van der Waals surface area contributed by atoms with E-state index in [1.54, 1.807) is 30.3 Å². The highest BCUT2D eigenvalue weighted by Gasteiger charge is 2.07. The normalized spacial score (nSPS) is 10.3. The number of anilines is 2. The largest absolute Gasteiger partial charge is 0.397 e. The molecule has 20 heavy (non-hydrogen) atoms. The first-order chi connectivity index (χ1) is 9.54. The van der Waals surface area contributed by atoms with Gasteiger partial charge < -0.3 is 11.1 Å². The van der Waals surface area contributed by atoms with Crippen LogP contribution in [0.4, 0.5) is 11.4 Å². The number of nitrogens with one attached hydrogen (secondary N) is 1. The van der Waals surface area contributed by atoms with Gasteiger partial charge in [-0.3, -0.25) is 4.79 Å². The van der Waals surface area contributed by atoms with E-state index in [-0.39, 0.29) is 11.7 Å². The van der Waals surface area contributed by atoms with E-state index < -0.39 is 0 Å². The van der Waals surface area contributed by atoms with Gasteiger partial charge in [0, 0.05) is 14.9 Å². The van der Waals surface area contributed by atoms with Gasteiger partial charge in [-0.1, -0.05) is 23.2 Å². The Bertz CT molecular complexity index is 617. The third-order valence-electron chi connectivity index (χ3n) is 2.47. The van der Waals surface area contributed by atoms with E-state index in [9.17, 15) is 4.79 Å². The van der Waals surface area contributed by atoms with Crippen LogP contribution in [0.5, 0.6) is 0 Å². The Balaban J connectivity index is 1.92. The van der Waals surface area contributed by atoms with Crippen LogP contribution in [-0.2, 0) is 4.79 Å². The van der Waals surface area contributed by atoms with Crippen molar-refractivity contribution in [2.45, 2.75) is 4.90 Å². The first kappa shape index (κ1) is 15.0. The monoisotopic (exact) mass is 326 g/mol. The predicted octanol–water partition coefficient (Wildman–Crippen LogP) is 4.31. The van der Waals surface area contributed by atoms with Crippen molar-refractivity contribution in [3.8, 4) is 0 Å². The van der Waals surface area contributed by atoms with E-state index in [1.165, 1.54) is 11.8 Å². The minimum Gasteiger partial charge on any atom is -0.397 e. The summed E-state index contributed by atoms with van der Waals surface area (Å²) < 4.78 is 0. The first-order valence-electron chi connectivity index (χ1n) is 5.78. The van der Waals surface area contributed by atoms with Crippen molar-refractivity contribution in [1.82, 2.24) is 0 Å². The molecule has 0 aliphatic heterocycles. The number of rotatable bonds is 4. The molecule has 0 aliphatic rings. The molecule has 0 unspecified atom stereocenters. The van der Waals surface area contributed by atoms with Crippen LogP contribution in [0, 0.1) is 0 Å². The Morgan fingerprint density at radius 1 is 1.10 bits per heavy atom. The highest BCUT2D eigenvalue weighted by atomic mass is 35.5. The summed E-state index contributed by atoms with van der Waals surface area (Å²) in [5.41, 5.74) is 6.78. The molecule has 0 bridgehead atoms. The van der Waals surface area contributed by atoms with E-state index in [2.05, 4.69) is 5.32 Å². The molecule has 0 saturated carbocycles. The molecule has 104 valence electrons. The SMILES string of the molecule is Nc1ccc(Cl)cc1NC(=O)CSc1ccc(Cl)cc1. The van der Waals surface area contributed by atoms with Crippen molar-refractivity contribution < 1.29 is 4.79 Å². The second-order valence-corrected chi connectivity index (χ2v) is 5.94. The standard InChI is InChI=1S/C14H12Cl2N2OS/c15-9-1-4-11(5-2-9)20-8-14(19)18-13-7-10(16)3-6-12(13)17/h1-7H,8,17H2,(H,18,19). The summed E-state index contributed by atoms with van der Waals surface area (Å²) in [6.45, 7) is 0. The Morgan fingerprint density at radius 3 is 2.45 bits per heavy atom. The van der Waals surface area contributed by atoms with Crippen LogP contribution in [0.25, 0.3) is 0 Å². The Kier molecular flexibility index (Phi) is 5.17. The second kappa shape index (κ2) is 6.88. The van der Waals surface area contributed by atoms with E-state index in [0.29, 0.717) is 21.4 Å². The number of hydrogen-bond donors (Lipinski definition) is 2. The molecule has 0 spiro atoms. The molecule has 0 saturated heterocycles. The molecule has 0 aliphatic carbocycles. The number of amides is 1. The maximum atomic E-state index is 11.9. The van der Waals surface area contributed by atoms with Crippen LogP contribution in [0.15, 0.2) is 47.4 Å². The molecular formula is C14H12Cl2N2OS. The summed E-state index contributed by atoms with van der Waals surface area (Å²) in [6.07, 6.45) is 0. The topological polar surface area (TPSA) is 55.1 Å². The molecule has 0 heterocycles. The molecule has 2 rings (SSSR count). The van der Waals surface area contributed by atoms with Gasteiger partial charge in [0.2, 0.25) is 5.91 Å². The molecule has 3 N–H and O–H groups in total. The van der Waals surface area contributed by atoms with Gasteiger partial charge in [0.15, 0.2) is 0 Å². The third-order valence-corrected chi connectivity index (χ3v) is 3.97. The Hall–Kier alpha value is -1.36. The summed E-state index contributed by atoms with van der Waals surface area (Å²) in [5.74, 6) is 0.145. The molecule has 2 aromatic carbocycles. The lowest BCUT2D eigenvalue weighted by molar-refractivity contribution is -0.113. The number of carbonyl (C=O) groups is 1. The van der Waals surface area contributed by atoms with Crippen molar-refractivity contribution >= 4 is 52.2 Å². The van der Waals surface area contributed by atoms with Crippen molar-refractivity contribution in [1.29, 1.82) is 0 Å². The van der Waals surface area contributed by atoms with E-state index in [4.69, 9.17) is 28.9 Å². The van der Waals surface area contributed by atoms with Gasteiger partial charge in [-0.25, -0.2) is 0 Å². The molecule has 3 nitrogen and oxygen atoms in total. The molecular weight excluding hydrogens is 315 g/mol. The zero-order valence-corrected chi connectivity index (χ0v) is 12.7. The molecule has 0 aromatic heterocycles. The maximum Gasteiger partial charge on any atom is 0.234 e. The first-order valence-corrected chi connectivity index (χ1v) is 7.52. The predicted molar refractivity (Wildman–Crippen MR) is 86.7 cm³/mol. The van der Waals surface area contributed by atoms with Gasteiger partial charge in [0.1, 0.15) is 0 Å². The summed E-state index contributed by atoms with van der Waals surface area (Å²) in [4.78, 5) is 12.8. The van der Waals surface area contributed by atoms with Crippen molar-refractivity contribution in [2.75, 3.05) is 16.8 Å². The third kappa shape index (κ3) is 4.34. The molecule has 2 aromatic rings. The molecule has 0 radical (unpaired) electrons. The van der Waals surface area contributed by atoms with Gasteiger partial charge in [0.25, 0.3) is 0 Å². The summed E-state index contributed by atoms with van der Waals surface area (Å²) in [5, 5.41) is 3.94. The minimum atomic E-state index is -0.140. The lowest BCUT2D eigenvalue weighted by Crippen LogP contribution is -2.15. The minimum absolute atomic E-state index is 0.140. The Labute approximate surface area is 131 Å². The van der Waals surface area contributed by atoms with Crippen LogP contribution in [0.1, 0.15) is 0 Å². The zero-order valence-electron chi connectivity index (χ0n) is 10.4. The van der Waals surface area contributed by atoms with Crippen LogP contribution < -0.4 is 11.1 Å². The Morgan fingerprint density at radius 2 is 1.75 bits per heavy atom. The van der Waals surface area contributed by atoms with Crippen molar-refractivity contribution in [3.63, 3.8) is 0 Å². The number of nitrogen functional groups attached to an aromatic ring is 1. The highest BCUT2D eigenvalue weighted by Crippen LogP contribution is 2.24. The van der Waals surface area contributed by atoms with Gasteiger partial charge in [-0.05, 0) is 42.5 Å². The van der Waals surface area contributed by atoms with Crippen LogP contribution in [0.3, 0.4) is 0 Å². The fourth-order valence-corrected chi connectivity index (χ4v) is 2.50. The number of hydrogen-bond acceptors (Lipinski definition) is 3. The molecule has 0 atom stereocenters. The fourth-order valence-electron chi connectivity index (χ4n) is 1.50. The smallest absolute Gasteiger partial charge is 0.234 e. The number of carbonyl (C=O) groups excluding carboxylic acids is 1. The number of nitrogens with two attached hydrogens (primary N) is 1. The van der Waals surface area contributed by atoms with Crippen LogP contribution in [0.2, 0.25) is 10.0 Å². The van der Waals surface area contributed by atoms with E-state index in [1.807, 2.05) is 12.1 Å². The van der Waals surface area contributed by atoms with Gasteiger partial charge in [-0.2, -0.15) is 0 Å². The summed E-state index contributed by atoms with van der Waals surface area (Å²) >= 11 is 13.1. The summed E-state index contributed by atoms with van der Waals surface area (Å²) in [6, 6.07) is 12.3. The fraction of sp³-hybridized carbons (Fsp3) is 0.0714. The lowest BCUT2D eigenvalue weighted by atomic mass is 10.2. The van der Waals surface area contributed by atoms with Crippen LogP contribution >= 0.6 is 35.0 Å². The van der Waals surface area contributed by atoms with Gasteiger partial charge >= 0.3 is 0 Å². The number of halogens is 2. The van der Waals surface area contributed by atoms with E-state index in [0.717, 1.165) is 4.90 Å². The van der Waals surface area contributed by atoms with Crippen LogP contribution in [-0.4, -0.2) is 11.7 Å². The maximum absolute atomic E-state index is 11.9. The van der Waals surface area contributed by atoms with Gasteiger partial charge in [-0.15, -0.1) is 11.8 Å². The average Bonchev–Trinajstić information content (AvgIpc) is 2.42. The second-order valence-electron chi connectivity index (χ2n) is 4.02. The number of thioether (sulfide) groups is 1. The van der Waals surface area contributed by atoms with E-state index >= 15 is 0 Å². The van der Waals surface area contributed by atoms with Crippen molar-refractivity contribution in [2.24, 2.45) is 0 Å². The highest BCUT2D eigenvalue weighted by molar-refractivity contribution is 8.00. The molecule has 6 heteroatoms. The number of benzene rings is 2.